The molecular formula is C21H15ClO4S2. The van der Waals surface area contributed by atoms with Gasteiger partial charge in [-0.15, -0.1) is 0 Å². The highest BCUT2D eigenvalue weighted by molar-refractivity contribution is 8.43. The number of rotatable bonds is 5. The van der Waals surface area contributed by atoms with Crippen LogP contribution in [-0.4, -0.2) is 4.20 Å². The molecule has 1 heterocycles. The van der Waals surface area contributed by atoms with Crippen molar-refractivity contribution in [1.82, 2.24) is 0 Å². The predicted molar refractivity (Wildman–Crippen MR) is 107 cm³/mol. The molecule has 0 bridgehead atoms. The molecule has 0 fully saturated rings. The average molecular weight is 431 g/mol. The average Bonchev–Trinajstić information content (AvgIpc) is 3.07. The molecule has 3 aromatic rings. The van der Waals surface area contributed by atoms with E-state index in [9.17, 15) is 14.0 Å². The van der Waals surface area contributed by atoms with Gasteiger partial charge in [-0.2, -0.15) is 14.0 Å². The summed E-state index contributed by atoms with van der Waals surface area (Å²) in [4.78, 5) is 1.58. The van der Waals surface area contributed by atoms with E-state index in [4.69, 9.17) is 3.74 Å². The van der Waals surface area contributed by atoms with Gasteiger partial charge in [-0.05, 0) is 16.7 Å². The summed E-state index contributed by atoms with van der Waals surface area (Å²) in [5.41, 5.74) is 2.59. The van der Waals surface area contributed by atoms with E-state index >= 15 is 0 Å². The number of benzene rings is 3. The standard InChI is InChI=1S/C21H15ClO4S2/c23-22(24,25)26-28-20(17-12-6-2-7-13-17)19(16-10-4-1-5-11-16)27-21(28)18-14-8-3-9-15-18/h1-15H. The van der Waals surface area contributed by atoms with Crippen molar-refractivity contribution in [2.75, 3.05) is 0 Å². The van der Waals surface area contributed by atoms with Crippen LogP contribution in [-0.2, 0) is 3.74 Å². The molecule has 0 saturated heterocycles. The monoisotopic (exact) mass is 430 g/mol. The highest BCUT2D eigenvalue weighted by Crippen LogP contribution is 2.56. The molecule has 4 nitrogen and oxygen atoms in total. The third kappa shape index (κ3) is 4.24. The van der Waals surface area contributed by atoms with Gasteiger partial charge in [-0.1, -0.05) is 103 Å². The van der Waals surface area contributed by atoms with Crippen LogP contribution in [0.4, 0.5) is 0 Å². The van der Waals surface area contributed by atoms with E-state index in [1.165, 1.54) is 11.8 Å². The van der Waals surface area contributed by atoms with Gasteiger partial charge in [0.15, 0.2) is 10.8 Å². The Morgan fingerprint density at radius 2 is 1.11 bits per heavy atom. The second kappa shape index (κ2) is 8.23. The quantitative estimate of drug-likeness (QED) is 0.581. The Kier molecular flexibility index (Phi) is 5.70. The van der Waals surface area contributed by atoms with E-state index in [0.29, 0.717) is 9.10 Å². The van der Waals surface area contributed by atoms with Crippen molar-refractivity contribution in [2.24, 2.45) is 0 Å². The highest BCUT2D eigenvalue weighted by atomic mass is 35.7. The highest BCUT2D eigenvalue weighted by Gasteiger charge is 2.37. The fraction of sp³-hybridized carbons (Fsp3) is 0. The topological polar surface area (TPSA) is 78.4 Å². The summed E-state index contributed by atoms with van der Waals surface area (Å²) in [5.74, 6) is 0. The van der Waals surface area contributed by atoms with Crippen LogP contribution >= 0.6 is 22.5 Å². The van der Waals surface area contributed by atoms with Gasteiger partial charge in [0, 0.05) is 4.91 Å². The first-order valence-corrected chi connectivity index (χ1v) is 11.5. The van der Waals surface area contributed by atoms with Crippen LogP contribution in [0.5, 0.6) is 0 Å². The van der Waals surface area contributed by atoms with Gasteiger partial charge in [0.1, 0.15) is 3.74 Å². The van der Waals surface area contributed by atoms with E-state index in [1.54, 1.807) is 0 Å². The lowest BCUT2D eigenvalue weighted by Gasteiger charge is -2.15. The van der Waals surface area contributed by atoms with E-state index in [1.807, 2.05) is 91.0 Å². The maximum atomic E-state index is 11.5. The van der Waals surface area contributed by atoms with Crippen LogP contribution in [0, 0.1) is 10.2 Å². The maximum Gasteiger partial charge on any atom is 0.156 e. The summed E-state index contributed by atoms with van der Waals surface area (Å²) in [7, 11) is -5.96. The van der Waals surface area contributed by atoms with Gasteiger partial charge < -0.3 is 0 Å². The molecule has 1 unspecified atom stereocenters. The molecule has 28 heavy (non-hydrogen) atoms. The molecule has 3 aromatic carbocycles. The van der Waals surface area contributed by atoms with Crippen LogP contribution < -0.4 is 14.0 Å². The fourth-order valence-corrected chi connectivity index (χ4v) is 7.40. The van der Waals surface area contributed by atoms with Crippen LogP contribution in [0.1, 0.15) is 16.7 Å². The number of halogens is 1. The van der Waals surface area contributed by atoms with E-state index in [-0.39, 0.29) is 0 Å². The molecule has 0 amide bonds. The lowest BCUT2D eigenvalue weighted by molar-refractivity contribution is -1.91. The molecule has 0 aliphatic carbocycles. The zero-order valence-electron chi connectivity index (χ0n) is 14.5. The van der Waals surface area contributed by atoms with Crippen molar-refractivity contribution in [3.63, 3.8) is 0 Å². The van der Waals surface area contributed by atoms with Crippen molar-refractivity contribution < 1.29 is 28.0 Å². The summed E-state index contributed by atoms with van der Waals surface area (Å²) in [5, 5.41) is 0. The van der Waals surface area contributed by atoms with Crippen molar-refractivity contribution in [2.45, 2.75) is 0 Å². The van der Waals surface area contributed by atoms with Gasteiger partial charge in [-0.3, -0.25) is 0 Å². The minimum absolute atomic E-state index is 0.697. The van der Waals surface area contributed by atoms with Crippen LogP contribution in [0.15, 0.2) is 91.0 Å². The molecule has 0 N–H and O–H groups in total. The van der Waals surface area contributed by atoms with Crippen molar-refractivity contribution in [1.29, 1.82) is 0 Å². The van der Waals surface area contributed by atoms with Gasteiger partial charge in [0.05, 0.1) is 19.3 Å². The molecule has 4 rings (SSSR count). The third-order valence-corrected chi connectivity index (χ3v) is 8.38. The van der Waals surface area contributed by atoms with Crippen LogP contribution in [0.25, 0.3) is 9.81 Å². The molecule has 1 aliphatic rings. The molecule has 0 aromatic heterocycles. The summed E-state index contributed by atoms with van der Waals surface area (Å²) in [6.07, 6.45) is 0. The second-order valence-corrected chi connectivity index (χ2v) is 9.75. The Hall–Kier alpha value is -1.90. The largest absolute Gasteiger partial charge is 0.182 e. The molecule has 0 spiro atoms. The molecule has 1 aliphatic heterocycles. The Morgan fingerprint density at radius 3 is 1.61 bits per heavy atom. The molecule has 142 valence electrons. The number of hydrogen-bond donors (Lipinski definition) is 0. The van der Waals surface area contributed by atoms with Gasteiger partial charge in [0.2, 0.25) is 0 Å². The van der Waals surface area contributed by atoms with E-state index < -0.39 is 21.0 Å². The minimum atomic E-state index is -4.60. The molecule has 1 atom stereocenters. The lowest BCUT2D eigenvalue weighted by atomic mass is 10.1. The zero-order chi connectivity index (χ0) is 19.6. The Morgan fingerprint density at radius 1 is 0.643 bits per heavy atom. The van der Waals surface area contributed by atoms with E-state index in [2.05, 4.69) is 0 Å². The van der Waals surface area contributed by atoms with E-state index in [0.717, 1.165) is 21.6 Å². The van der Waals surface area contributed by atoms with Crippen LogP contribution in [0.3, 0.4) is 0 Å². The summed E-state index contributed by atoms with van der Waals surface area (Å²) in [6, 6.07) is 28.5. The minimum Gasteiger partial charge on any atom is -0.182 e. The van der Waals surface area contributed by atoms with Crippen molar-refractivity contribution in [3.8, 4) is 0 Å². The first-order valence-electron chi connectivity index (χ1n) is 8.33. The number of hydrogen-bond acceptors (Lipinski definition) is 5. The molecular weight excluding hydrogens is 416 g/mol. The predicted octanol–water partition coefficient (Wildman–Crippen LogP) is 2.54. The second-order valence-electron chi connectivity index (χ2n) is 5.86. The Balaban J connectivity index is 1.95. The molecule has 0 saturated carbocycles. The first kappa shape index (κ1) is 19.4. The van der Waals surface area contributed by atoms with Crippen molar-refractivity contribution in [3.05, 3.63) is 108 Å². The Bertz CT molecular complexity index is 1030. The summed E-state index contributed by atoms with van der Waals surface area (Å²) >= 11 is 1.44. The maximum absolute atomic E-state index is 11.5. The zero-order valence-corrected chi connectivity index (χ0v) is 16.9. The van der Waals surface area contributed by atoms with Crippen LogP contribution in [0.2, 0.25) is 0 Å². The molecule has 0 radical (unpaired) electrons. The van der Waals surface area contributed by atoms with Crippen molar-refractivity contribution >= 4 is 36.5 Å². The van der Waals surface area contributed by atoms with Gasteiger partial charge in [-0.25, -0.2) is 0 Å². The Labute approximate surface area is 172 Å². The fourth-order valence-electron chi connectivity index (χ4n) is 2.84. The van der Waals surface area contributed by atoms with Gasteiger partial charge >= 0.3 is 0 Å². The third-order valence-electron chi connectivity index (χ3n) is 3.98. The smallest absolute Gasteiger partial charge is 0.156 e. The number of thioether (sulfide) groups is 1. The van der Waals surface area contributed by atoms with Gasteiger partial charge in [0.25, 0.3) is 0 Å². The normalized spacial score (nSPS) is 17.2. The summed E-state index contributed by atoms with van der Waals surface area (Å²) in [6.45, 7) is 0. The first-order chi connectivity index (χ1) is 13.5. The molecule has 7 heteroatoms. The lowest BCUT2D eigenvalue weighted by Crippen LogP contribution is -2.60. The SMILES string of the molecule is [O-][Cl+3]([O-])([O-])OS1=C(c2ccccc2)SC(c2ccccc2)=C1c1ccccc1. The summed E-state index contributed by atoms with van der Waals surface area (Å²) < 4.78 is 40.4.